The highest BCUT2D eigenvalue weighted by atomic mass is 16.3. The maximum atomic E-state index is 14.3. The van der Waals surface area contributed by atoms with Gasteiger partial charge >= 0.3 is 0 Å². The molecule has 8 N–H and O–H groups in total. The van der Waals surface area contributed by atoms with Gasteiger partial charge in [0.05, 0.1) is 5.56 Å². The highest BCUT2D eigenvalue weighted by molar-refractivity contribution is 5.91. The second-order valence-corrected chi connectivity index (χ2v) is 12.8. The summed E-state index contributed by atoms with van der Waals surface area (Å²) in [6, 6.07) is 13.2. The fourth-order valence-electron chi connectivity index (χ4n) is 6.97. The van der Waals surface area contributed by atoms with Crippen LogP contribution in [0.15, 0.2) is 93.2 Å². The number of aromatic hydroxyl groups is 8. The van der Waals surface area contributed by atoms with Crippen molar-refractivity contribution in [2.75, 3.05) is 0 Å². The third-order valence-corrected chi connectivity index (χ3v) is 9.14. The molecule has 0 spiro atoms. The number of benzene rings is 4. The van der Waals surface area contributed by atoms with Crippen LogP contribution in [0.3, 0.4) is 0 Å². The van der Waals surface area contributed by atoms with Crippen LogP contribution in [0.4, 0.5) is 0 Å². The van der Waals surface area contributed by atoms with Crippen LogP contribution < -0.4 is 5.43 Å². The molecule has 10 nitrogen and oxygen atoms in total. The van der Waals surface area contributed by atoms with Crippen LogP contribution in [-0.2, 0) is 6.42 Å². The van der Waals surface area contributed by atoms with Gasteiger partial charge < -0.3 is 45.3 Å². The predicted molar refractivity (Wildman–Crippen MR) is 184 cm³/mol. The Balaban J connectivity index is 1.71. The van der Waals surface area contributed by atoms with Gasteiger partial charge in [0.25, 0.3) is 0 Å². The number of hydrogen-bond donors (Lipinski definition) is 8. The molecule has 1 aliphatic carbocycles. The molecule has 10 heteroatoms. The van der Waals surface area contributed by atoms with E-state index in [4.69, 9.17) is 4.42 Å². The molecule has 0 saturated carbocycles. The zero-order valence-corrected chi connectivity index (χ0v) is 27.0. The van der Waals surface area contributed by atoms with Crippen LogP contribution in [0.25, 0.3) is 22.3 Å². The molecular weight excluding hydrogens is 628 g/mol. The Hall–Kier alpha value is -6.03. The van der Waals surface area contributed by atoms with Crippen LogP contribution >= 0.6 is 0 Å². The number of hydrogen-bond acceptors (Lipinski definition) is 10. The van der Waals surface area contributed by atoms with Gasteiger partial charge in [-0.25, -0.2) is 0 Å². The first kappa shape index (κ1) is 32.9. The maximum Gasteiger partial charge on any atom is 0.200 e. The van der Waals surface area contributed by atoms with Crippen molar-refractivity contribution in [3.63, 3.8) is 0 Å². The van der Waals surface area contributed by atoms with E-state index in [0.29, 0.717) is 17.5 Å². The van der Waals surface area contributed by atoms with Crippen molar-refractivity contribution in [3.8, 4) is 57.3 Å². The van der Waals surface area contributed by atoms with Gasteiger partial charge in [0, 0.05) is 47.2 Å². The van der Waals surface area contributed by atoms with Gasteiger partial charge in [0.15, 0.2) is 0 Å². The lowest BCUT2D eigenvalue weighted by molar-refractivity contribution is 0.390. The van der Waals surface area contributed by atoms with Gasteiger partial charge in [-0.3, -0.25) is 4.79 Å². The second-order valence-electron chi connectivity index (χ2n) is 12.8. The zero-order chi connectivity index (χ0) is 35.3. The Morgan fingerprint density at radius 1 is 0.755 bits per heavy atom. The van der Waals surface area contributed by atoms with E-state index < -0.39 is 34.7 Å². The minimum atomic E-state index is -0.862. The standard InChI is InChI=1S/C39H36O10/c1-18(2)4-8-26-37(48)36-33(47)17-32(46)35(39(36)49-38(26)25-11-7-22(42)16-31(25)45)28-13-19(3)12-27(23-9-5-20(40)14-29(23)43)34(28)24-10-6-21(41)15-30(24)44/h4-7,9-11,13-17,27-28,34,40-47H,8,12H2,1-3H3. The van der Waals surface area contributed by atoms with E-state index in [2.05, 4.69) is 0 Å². The minimum absolute atomic E-state index is 0.0352. The van der Waals surface area contributed by atoms with Crippen LogP contribution in [0, 0.1) is 0 Å². The summed E-state index contributed by atoms with van der Waals surface area (Å²) >= 11 is 0. The van der Waals surface area contributed by atoms with Crippen molar-refractivity contribution < 1.29 is 45.3 Å². The Bertz CT molecular complexity index is 2240. The van der Waals surface area contributed by atoms with E-state index in [0.717, 1.165) is 23.3 Å². The van der Waals surface area contributed by atoms with Gasteiger partial charge in [-0.15, -0.1) is 0 Å². The lowest BCUT2D eigenvalue weighted by atomic mass is 9.65. The summed E-state index contributed by atoms with van der Waals surface area (Å²) in [5, 5.41) is 85.9. The molecule has 4 aromatic carbocycles. The molecule has 6 rings (SSSR count). The van der Waals surface area contributed by atoms with Crippen molar-refractivity contribution in [3.05, 3.63) is 116 Å². The SMILES string of the molecule is CC(C)=CCc1c(-c2ccc(O)cc2O)oc2c(C3C=C(C)CC(c4ccc(O)cc4O)C3c3ccc(O)cc3O)c(O)cc(O)c2c1=O. The molecule has 0 radical (unpaired) electrons. The molecule has 252 valence electrons. The van der Waals surface area contributed by atoms with E-state index in [1.165, 1.54) is 42.5 Å². The largest absolute Gasteiger partial charge is 0.508 e. The third-order valence-electron chi connectivity index (χ3n) is 9.14. The molecule has 5 aromatic rings. The molecule has 49 heavy (non-hydrogen) atoms. The highest BCUT2D eigenvalue weighted by Crippen LogP contribution is 2.57. The number of phenolic OH excluding ortho intramolecular Hbond substituents is 8. The normalized spacial score (nSPS) is 17.5. The molecule has 3 atom stereocenters. The van der Waals surface area contributed by atoms with Crippen LogP contribution in [0.2, 0.25) is 0 Å². The van der Waals surface area contributed by atoms with Crippen molar-refractivity contribution in [1.82, 2.24) is 0 Å². The first-order valence-electron chi connectivity index (χ1n) is 15.7. The number of phenols is 8. The van der Waals surface area contributed by atoms with Crippen LogP contribution in [0.5, 0.6) is 46.0 Å². The summed E-state index contributed by atoms with van der Waals surface area (Å²) in [4.78, 5) is 14.3. The fourth-order valence-corrected chi connectivity index (χ4v) is 6.97. The Labute approximate surface area is 281 Å². The first-order valence-corrected chi connectivity index (χ1v) is 15.7. The molecule has 0 saturated heterocycles. The number of allylic oxidation sites excluding steroid dienone is 4. The van der Waals surface area contributed by atoms with E-state index in [1.807, 2.05) is 26.8 Å². The van der Waals surface area contributed by atoms with E-state index in [-0.39, 0.29) is 74.3 Å². The van der Waals surface area contributed by atoms with Crippen molar-refractivity contribution in [2.24, 2.45) is 0 Å². The predicted octanol–water partition coefficient (Wildman–Crippen LogP) is 7.61. The monoisotopic (exact) mass is 664 g/mol. The van der Waals surface area contributed by atoms with Crippen molar-refractivity contribution in [2.45, 2.75) is 51.4 Å². The Morgan fingerprint density at radius 3 is 1.94 bits per heavy atom. The van der Waals surface area contributed by atoms with Crippen molar-refractivity contribution >= 4 is 11.0 Å². The van der Waals surface area contributed by atoms with Gasteiger partial charge in [0.1, 0.15) is 62.7 Å². The van der Waals surface area contributed by atoms with Crippen LogP contribution in [-0.4, -0.2) is 40.9 Å². The summed E-state index contributed by atoms with van der Waals surface area (Å²) in [5.41, 5.74) is 2.06. The number of rotatable bonds is 6. The van der Waals surface area contributed by atoms with E-state index in [1.54, 1.807) is 12.1 Å². The number of fused-ring (bicyclic) bond motifs is 1. The smallest absolute Gasteiger partial charge is 0.200 e. The minimum Gasteiger partial charge on any atom is -0.508 e. The Morgan fingerprint density at radius 2 is 1.35 bits per heavy atom. The lowest BCUT2D eigenvalue weighted by Crippen LogP contribution is -2.24. The van der Waals surface area contributed by atoms with Gasteiger partial charge in [-0.05, 0) is 74.9 Å². The third kappa shape index (κ3) is 5.97. The Kier molecular flexibility index (Phi) is 8.41. The molecule has 0 bridgehead atoms. The summed E-state index contributed by atoms with van der Waals surface area (Å²) in [5.74, 6) is -4.54. The molecule has 1 aromatic heterocycles. The summed E-state index contributed by atoms with van der Waals surface area (Å²) in [6.45, 7) is 5.57. The molecule has 3 unspecified atom stereocenters. The molecule has 0 aliphatic heterocycles. The summed E-state index contributed by atoms with van der Waals surface area (Å²) in [6.07, 6.45) is 4.12. The molecular formula is C39H36O10. The summed E-state index contributed by atoms with van der Waals surface area (Å²) < 4.78 is 6.50. The lowest BCUT2D eigenvalue weighted by Gasteiger charge is -2.38. The second kappa shape index (κ2) is 12.5. The molecule has 0 fully saturated rings. The van der Waals surface area contributed by atoms with Gasteiger partial charge in [-0.2, -0.15) is 0 Å². The first-order chi connectivity index (χ1) is 23.2. The topological polar surface area (TPSA) is 192 Å². The van der Waals surface area contributed by atoms with E-state index in [9.17, 15) is 45.6 Å². The fraction of sp³-hybridized carbons (Fsp3) is 0.205. The summed E-state index contributed by atoms with van der Waals surface area (Å²) in [7, 11) is 0. The van der Waals surface area contributed by atoms with Crippen molar-refractivity contribution in [1.29, 1.82) is 0 Å². The van der Waals surface area contributed by atoms with Gasteiger partial charge in [-0.1, -0.05) is 35.4 Å². The average molecular weight is 665 g/mol. The van der Waals surface area contributed by atoms with E-state index >= 15 is 0 Å². The molecule has 0 amide bonds. The maximum absolute atomic E-state index is 14.3. The average Bonchev–Trinajstić information content (AvgIpc) is 3.00. The van der Waals surface area contributed by atoms with Gasteiger partial charge in [0.2, 0.25) is 5.43 Å². The van der Waals surface area contributed by atoms with Crippen LogP contribution in [0.1, 0.15) is 67.2 Å². The molecule has 1 aliphatic rings. The molecule has 1 heterocycles. The quantitative estimate of drug-likeness (QED) is 0.0838. The highest BCUT2D eigenvalue weighted by Gasteiger charge is 2.41. The zero-order valence-electron chi connectivity index (χ0n) is 27.0.